The van der Waals surface area contributed by atoms with Crippen LogP contribution < -0.4 is 0 Å². The first kappa shape index (κ1) is 13.1. The van der Waals surface area contributed by atoms with Crippen molar-refractivity contribution in [2.45, 2.75) is 19.4 Å². The molecule has 0 radical (unpaired) electrons. The lowest BCUT2D eigenvalue weighted by molar-refractivity contribution is -0.136. The Kier molecular flexibility index (Phi) is 3.22. The molecule has 1 unspecified atom stereocenters. The van der Waals surface area contributed by atoms with Gasteiger partial charge in [0.05, 0.1) is 18.7 Å². The van der Waals surface area contributed by atoms with Crippen molar-refractivity contribution in [2.24, 2.45) is 0 Å². The van der Waals surface area contributed by atoms with E-state index in [1.807, 2.05) is 6.08 Å². The highest BCUT2D eigenvalue weighted by Crippen LogP contribution is 2.38. The van der Waals surface area contributed by atoms with Gasteiger partial charge in [-0.05, 0) is 36.1 Å². The first-order chi connectivity index (χ1) is 9.60. The maximum atomic E-state index is 11.7. The van der Waals surface area contributed by atoms with Crippen LogP contribution in [0.2, 0.25) is 0 Å². The maximum Gasteiger partial charge on any atom is 0.335 e. The van der Waals surface area contributed by atoms with Crippen LogP contribution in [0, 0.1) is 6.92 Å². The van der Waals surface area contributed by atoms with Crippen molar-refractivity contribution in [2.75, 3.05) is 20.2 Å². The summed E-state index contributed by atoms with van der Waals surface area (Å²) in [6.07, 6.45) is 2.91. The van der Waals surface area contributed by atoms with Crippen molar-refractivity contribution in [3.8, 4) is 0 Å². The summed E-state index contributed by atoms with van der Waals surface area (Å²) < 4.78 is 4.83. The topological polar surface area (TPSA) is 29.5 Å². The smallest absolute Gasteiger partial charge is 0.335 e. The maximum absolute atomic E-state index is 11.7. The van der Waals surface area contributed by atoms with Crippen LogP contribution in [0.3, 0.4) is 0 Å². The molecule has 2 heterocycles. The summed E-state index contributed by atoms with van der Waals surface area (Å²) in [7, 11) is 1.42. The second-order valence-corrected chi connectivity index (χ2v) is 5.56. The molecule has 0 bridgehead atoms. The zero-order valence-corrected chi connectivity index (χ0v) is 12.0. The van der Waals surface area contributed by atoms with Gasteiger partial charge in [0, 0.05) is 13.1 Å². The van der Waals surface area contributed by atoms with E-state index in [1.54, 1.807) is 0 Å². The molecule has 104 valence electrons. The molecule has 2 aliphatic heterocycles. The van der Waals surface area contributed by atoms with Crippen molar-refractivity contribution in [1.82, 2.24) is 4.90 Å². The molecule has 0 saturated carbocycles. The number of rotatable bonds is 1. The highest BCUT2D eigenvalue weighted by atomic mass is 16.5. The molecule has 3 nitrogen and oxygen atoms in total. The third kappa shape index (κ3) is 2.08. The third-order valence-electron chi connectivity index (χ3n) is 4.16. The van der Waals surface area contributed by atoms with Gasteiger partial charge in [-0.1, -0.05) is 30.3 Å². The molecule has 1 aromatic rings. The van der Waals surface area contributed by atoms with Crippen LogP contribution in [-0.2, 0) is 16.0 Å². The summed E-state index contributed by atoms with van der Waals surface area (Å²) in [5, 5.41) is 0. The van der Waals surface area contributed by atoms with Crippen molar-refractivity contribution < 1.29 is 9.53 Å². The number of carbonyl (C=O) groups excluding carboxylic acids is 1. The van der Waals surface area contributed by atoms with Crippen LogP contribution in [0.25, 0.3) is 0 Å². The Bertz CT molecular complexity index is 615. The number of aryl methyl sites for hydroxylation is 1. The molecule has 3 rings (SSSR count). The fraction of sp³-hybridized carbons (Fsp3) is 0.353. The number of esters is 1. The molecule has 0 saturated heterocycles. The fourth-order valence-corrected chi connectivity index (χ4v) is 3.23. The molecular formula is C17H19NO2. The summed E-state index contributed by atoms with van der Waals surface area (Å²) in [4.78, 5) is 14.0. The van der Waals surface area contributed by atoms with Crippen LogP contribution in [-0.4, -0.2) is 31.1 Å². The average molecular weight is 269 g/mol. The Morgan fingerprint density at radius 1 is 1.45 bits per heavy atom. The molecule has 1 aromatic carbocycles. The monoisotopic (exact) mass is 269 g/mol. The largest absolute Gasteiger partial charge is 0.466 e. The summed E-state index contributed by atoms with van der Waals surface area (Å²) in [6, 6.07) is 6.81. The fourth-order valence-electron chi connectivity index (χ4n) is 3.23. The average Bonchev–Trinajstić information content (AvgIpc) is 2.45. The Hall–Kier alpha value is -1.87. The molecule has 0 amide bonds. The Morgan fingerprint density at radius 2 is 2.25 bits per heavy atom. The van der Waals surface area contributed by atoms with Gasteiger partial charge in [-0.3, -0.25) is 4.90 Å². The van der Waals surface area contributed by atoms with E-state index < -0.39 is 0 Å². The number of fused-ring (bicyclic) bond motifs is 3. The molecular weight excluding hydrogens is 250 g/mol. The van der Waals surface area contributed by atoms with Gasteiger partial charge >= 0.3 is 5.97 Å². The van der Waals surface area contributed by atoms with E-state index in [1.165, 1.54) is 23.8 Å². The van der Waals surface area contributed by atoms with Crippen LogP contribution in [0.1, 0.15) is 22.7 Å². The van der Waals surface area contributed by atoms with E-state index in [0.29, 0.717) is 12.1 Å². The number of ether oxygens (including phenoxy) is 1. The quantitative estimate of drug-likeness (QED) is 0.734. The van der Waals surface area contributed by atoms with E-state index in [0.717, 1.165) is 18.5 Å². The molecule has 3 heteroatoms. The second-order valence-electron chi connectivity index (χ2n) is 5.56. The predicted molar refractivity (Wildman–Crippen MR) is 78.4 cm³/mol. The highest BCUT2D eigenvalue weighted by Gasteiger charge is 2.33. The number of hydrogen-bond acceptors (Lipinski definition) is 3. The van der Waals surface area contributed by atoms with Crippen LogP contribution >= 0.6 is 0 Å². The lowest BCUT2D eigenvalue weighted by Crippen LogP contribution is -2.41. The van der Waals surface area contributed by atoms with Gasteiger partial charge in [0.15, 0.2) is 0 Å². The first-order valence-electron chi connectivity index (χ1n) is 6.91. The van der Waals surface area contributed by atoms with E-state index in [9.17, 15) is 4.79 Å². The summed E-state index contributed by atoms with van der Waals surface area (Å²) in [5.74, 6) is -0.251. The third-order valence-corrected chi connectivity index (χ3v) is 4.16. The standard InChI is InChI=1S/C17H19NO2/c1-11-4-5-15-13(8-11)6-7-18-10-14(17(19)20-3)9-12(2)16(15)18/h4-5,8-9,16H,2,6-7,10H2,1,3H3. The van der Waals surface area contributed by atoms with Gasteiger partial charge in [0.1, 0.15) is 0 Å². The van der Waals surface area contributed by atoms with Gasteiger partial charge in [-0.25, -0.2) is 4.79 Å². The molecule has 1 atom stereocenters. The molecule has 20 heavy (non-hydrogen) atoms. The van der Waals surface area contributed by atoms with Gasteiger partial charge < -0.3 is 4.74 Å². The minimum Gasteiger partial charge on any atom is -0.466 e. The van der Waals surface area contributed by atoms with E-state index >= 15 is 0 Å². The van der Waals surface area contributed by atoms with Gasteiger partial charge in [0.25, 0.3) is 0 Å². The van der Waals surface area contributed by atoms with Gasteiger partial charge in [0.2, 0.25) is 0 Å². The number of carbonyl (C=O) groups is 1. The Labute approximate surface area is 119 Å². The minimum absolute atomic E-state index is 0.202. The minimum atomic E-state index is -0.251. The predicted octanol–water partition coefficient (Wildman–Crippen LogP) is 2.56. The summed E-state index contributed by atoms with van der Waals surface area (Å²) >= 11 is 0. The molecule has 2 aliphatic rings. The number of hydrogen-bond donors (Lipinski definition) is 0. The molecule has 0 N–H and O–H groups in total. The lowest BCUT2D eigenvalue weighted by Gasteiger charge is -2.41. The van der Waals surface area contributed by atoms with Crippen molar-refractivity contribution in [1.29, 1.82) is 0 Å². The van der Waals surface area contributed by atoms with Crippen LogP contribution in [0.4, 0.5) is 0 Å². The van der Waals surface area contributed by atoms with Gasteiger partial charge in [-0.2, -0.15) is 0 Å². The molecule has 0 spiro atoms. The summed E-state index contributed by atoms with van der Waals surface area (Å²) in [5.41, 5.74) is 5.70. The number of benzene rings is 1. The Balaban J connectivity index is 1.99. The van der Waals surface area contributed by atoms with E-state index in [4.69, 9.17) is 4.74 Å². The lowest BCUT2D eigenvalue weighted by atomic mass is 9.84. The first-order valence-corrected chi connectivity index (χ1v) is 6.91. The van der Waals surface area contributed by atoms with E-state index in [-0.39, 0.29) is 12.0 Å². The van der Waals surface area contributed by atoms with Gasteiger partial charge in [-0.15, -0.1) is 0 Å². The van der Waals surface area contributed by atoms with Crippen molar-refractivity contribution >= 4 is 5.97 Å². The zero-order chi connectivity index (χ0) is 14.3. The van der Waals surface area contributed by atoms with E-state index in [2.05, 4.69) is 36.6 Å². The number of methoxy groups -OCH3 is 1. The zero-order valence-electron chi connectivity index (χ0n) is 12.0. The van der Waals surface area contributed by atoms with Crippen LogP contribution in [0.5, 0.6) is 0 Å². The van der Waals surface area contributed by atoms with Crippen molar-refractivity contribution in [3.63, 3.8) is 0 Å². The van der Waals surface area contributed by atoms with Crippen molar-refractivity contribution in [3.05, 3.63) is 58.7 Å². The summed E-state index contributed by atoms with van der Waals surface area (Å²) in [6.45, 7) is 7.88. The van der Waals surface area contributed by atoms with Crippen LogP contribution in [0.15, 0.2) is 42.0 Å². The molecule has 0 aliphatic carbocycles. The second kappa shape index (κ2) is 4.91. The molecule has 0 aromatic heterocycles. The SMILES string of the molecule is C=C1C=C(C(=O)OC)CN2CCc3cc(C)ccc3C12. The molecule has 0 fully saturated rings. The number of nitrogens with zero attached hydrogens (tertiary/aromatic N) is 1. The Morgan fingerprint density at radius 3 is 3.00 bits per heavy atom. The highest BCUT2D eigenvalue weighted by molar-refractivity contribution is 5.90. The normalized spacial score (nSPS) is 21.8.